The number of ether oxygens (including phenoxy) is 1. The smallest absolute Gasteiger partial charge is 0.247 e. The summed E-state index contributed by atoms with van der Waals surface area (Å²) >= 11 is 0. The van der Waals surface area contributed by atoms with E-state index in [0.717, 1.165) is 5.56 Å². The number of nitriles is 1. The SMILES string of the molecule is N#Cc1ccccc1Nc1nc2cccc(OCc3ccccc3)n2n1. The van der Waals surface area contributed by atoms with Crippen molar-refractivity contribution in [2.75, 3.05) is 5.32 Å². The average molecular weight is 341 g/mol. The molecule has 0 aliphatic heterocycles. The molecular formula is C20H15N5O. The van der Waals surface area contributed by atoms with Crippen LogP contribution in [0.1, 0.15) is 11.1 Å². The zero-order chi connectivity index (χ0) is 17.8. The second-order valence-corrected chi connectivity index (χ2v) is 5.63. The van der Waals surface area contributed by atoms with Gasteiger partial charge in [-0.25, -0.2) is 0 Å². The molecule has 0 atom stereocenters. The predicted molar refractivity (Wildman–Crippen MR) is 98.2 cm³/mol. The van der Waals surface area contributed by atoms with Crippen LogP contribution in [0.25, 0.3) is 5.65 Å². The Morgan fingerprint density at radius 3 is 2.62 bits per heavy atom. The lowest BCUT2D eigenvalue weighted by Gasteiger charge is -2.07. The number of para-hydroxylation sites is 1. The Morgan fingerprint density at radius 2 is 1.77 bits per heavy atom. The third-order valence-corrected chi connectivity index (χ3v) is 3.85. The first-order chi connectivity index (χ1) is 12.8. The Balaban J connectivity index is 1.60. The van der Waals surface area contributed by atoms with Gasteiger partial charge in [0.25, 0.3) is 0 Å². The van der Waals surface area contributed by atoms with Crippen LogP contribution in [0.15, 0.2) is 72.8 Å². The summed E-state index contributed by atoms with van der Waals surface area (Å²) in [4.78, 5) is 4.45. The topological polar surface area (TPSA) is 75.2 Å². The molecule has 2 heterocycles. The summed E-state index contributed by atoms with van der Waals surface area (Å²) in [6.45, 7) is 0.444. The van der Waals surface area contributed by atoms with Crippen molar-refractivity contribution >= 4 is 17.3 Å². The van der Waals surface area contributed by atoms with Gasteiger partial charge in [-0.3, -0.25) is 0 Å². The molecular weight excluding hydrogens is 326 g/mol. The highest BCUT2D eigenvalue weighted by molar-refractivity contribution is 5.63. The highest BCUT2D eigenvalue weighted by Gasteiger charge is 2.10. The fraction of sp³-hybridized carbons (Fsp3) is 0.0500. The van der Waals surface area contributed by atoms with Crippen molar-refractivity contribution in [3.63, 3.8) is 0 Å². The first-order valence-corrected chi connectivity index (χ1v) is 8.12. The summed E-state index contributed by atoms with van der Waals surface area (Å²) in [7, 11) is 0. The summed E-state index contributed by atoms with van der Waals surface area (Å²) in [6, 6.07) is 24.9. The number of hydrogen-bond donors (Lipinski definition) is 1. The standard InChI is InChI=1S/C20H15N5O/c21-13-16-9-4-5-10-17(16)22-20-23-18-11-6-12-19(25(18)24-20)26-14-15-7-2-1-3-8-15/h1-12H,14H2,(H,22,24). The molecule has 0 spiro atoms. The minimum Gasteiger partial charge on any atom is -0.473 e. The van der Waals surface area contributed by atoms with Crippen LogP contribution >= 0.6 is 0 Å². The summed E-state index contributed by atoms with van der Waals surface area (Å²) in [5, 5.41) is 16.8. The first kappa shape index (κ1) is 15.7. The van der Waals surface area contributed by atoms with Crippen LogP contribution in [0, 0.1) is 11.3 Å². The van der Waals surface area contributed by atoms with Gasteiger partial charge in [-0.1, -0.05) is 48.5 Å². The second kappa shape index (κ2) is 6.95. The maximum Gasteiger partial charge on any atom is 0.247 e. The maximum absolute atomic E-state index is 9.20. The number of nitrogens with one attached hydrogen (secondary N) is 1. The van der Waals surface area contributed by atoms with E-state index in [-0.39, 0.29) is 0 Å². The molecule has 0 radical (unpaired) electrons. The fourth-order valence-corrected chi connectivity index (χ4v) is 2.59. The zero-order valence-corrected chi connectivity index (χ0v) is 13.8. The first-order valence-electron chi connectivity index (χ1n) is 8.12. The van der Waals surface area contributed by atoms with Gasteiger partial charge >= 0.3 is 0 Å². The second-order valence-electron chi connectivity index (χ2n) is 5.63. The Hall–Kier alpha value is -3.85. The summed E-state index contributed by atoms with van der Waals surface area (Å²) < 4.78 is 7.53. The van der Waals surface area contributed by atoms with E-state index in [4.69, 9.17) is 4.74 Å². The summed E-state index contributed by atoms with van der Waals surface area (Å²) in [5.41, 5.74) is 2.93. The Morgan fingerprint density at radius 1 is 0.962 bits per heavy atom. The van der Waals surface area contributed by atoms with Gasteiger partial charge in [0, 0.05) is 6.07 Å². The fourth-order valence-electron chi connectivity index (χ4n) is 2.59. The van der Waals surface area contributed by atoms with Crippen molar-refractivity contribution in [3.05, 3.63) is 83.9 Å². The molecule has 26 heavy (non-hydrogen) atoms. The maximum atomic E-state index is 9.20. The lowest BCUT2D eigenvalue weighted by molar-refractivity contribution is 0.286. The lowest BCUT2D eigenvalue weighted by Crippen LogP contribution is -2.01. The molecule has 2 aromatic heterocycles. The van der Waals surface area contributed by atoms with E-state index in [2.05, 4.69) is 21.5 Å². The van der Waals surface area contributed by atoms with Gasteiger partial charge in [0.1, 0.15) is 12.7 Å². The highest BCUT2D eigenvalue weighted by Crippen LogP contribution is 2.21. The van der Waals surface area contributed by atoms with E-state index in [1.165, 1.54) is 0 Å². The van der Waals surface area contributed by atoms with Crippen LogP contribution in [0.5, 0.6) is 5.88 Å². The van der Waals surface area contributed by atoms with E-state index in [1.54, 1.807) is 10.6 Å². The van der Waals surface area contributed by atoms with E-state index in [9.17, 15) is 5.26 Å². The van der Waals surface area contributed by atoms with Crippen LogP contribution in [0.4, 0.5) is 11.6 Å². The van der Waals surface area contributed by atoms with Crippen LogP contribution in [0.2, 0.25) is 0 Å². The molecule has 0 aliphatic carbocycles. The van der Waals surface area contributed by atoms with Gasteiger partial charge in [0.2, 0.25) is 11.8 Å². The molecule has 6 heteroatoms. The van der Waals surface area contributed by atoms with Gasteiger partial charge in [-0.2, -0.15) is 14.8 Å². The number of pyridine rings is 1. The van der Waals surface area contributed by atoms with Crippen molar-refractivity contribution < 1.29 is 4.74 Å². The van der Waals surface area contributed by atoms with Gasteiger partial charge in [-0.15, -0.1) is 5.10 Å². The van der Waals surface area contributed by atoms with E-state index in [1.807, 2.05) is 66.7 Å². The molecule has 0 amide bonds. The quantitative estimate of drug-likeness (QED) is 0.595. The van der Waals surface area contributed by atoms with Crippen LogP contribution in [-0.4, -0.2) is 14.6 Å². The average Bonchev–Trinajstić information content (AvgIpc) is 3.10. The van der Waals surface area contributed by atoms with Crippen LogP contribution in [-0.2, 0) is 6.61 Å². The number of anilines is 2. The largest absolute Gasteiger partial charge is 0.473 e. The molecule has 0 bridgehead atoms. The van der Waals surface area contributed by atoms with E-state index in [0.29, 0.717) is 35.3 Å². The molecule has 6 nitrogen and oxygen atoms in total. The number of hydrogen-bond acceptors (Lipinski definition) is 5. The molecule has 4 aromatic rings. The number of nitrogens with zero attached hydrogens (tertiary/aromatic N) is 4. The molecule has 0 aliphatic rings. The lowest BCUT2D eigenvalue weighted by atomic mass is 10.2. The third kappa shape index (κ3) is 3.19. The van der Waals surface area contributed by atoms with Crippen molar-refractivity contribution in [1.82, 2.24) is 14.6 Å². The third-order valence-electron chi connectivity index (χ3n) is 3.85. The molecule has 0 unspecified atom stereocenters. The van der Waals surface area contributed by atoms with Crippen LogP contribution < -0.4 is 10.1 Å². The summed E-state index contributed by atoms with van der Waals surface area (Å²) in [6.07, 6.45) is 0. The normalized spacial score (nSPS) is 10.4. The minimum atomic E-state index is 0.406. The van der Waals surface area contributed by atoms with Crippen molar-refractivity contribution in [1.29, 1.82) is 5.26 Å². The molecule has 126 valence electrons. The Bertz CT molecular complexity index is 1080. The van der Waals surface area contributed by atoms with Gasteiger partial charge in [0.15, 0.2) is 5.65 Å². The van der Waals surface area contributed by atoms with Gasteiger partial charge < -0.3 is 10.1 Å². The van der Waals surface area contributed by atoms with E-state index >= 15 is 0 Å². The van der Waals surface area contributed by atoms with Crippen LogP contribution in [0.3, 0.4) is 0 Å². The van der Waals surface area contributed by atoms with E-state index < -0.39 is 0 Å². The zero-order valence-electron chi connectivity index (χ0n) is 13.8. The number of rotatable bonds is 5. The highest BCUT2D eigenvalue weighted by atomic mass is 16.5. The molecule has 0 fully saturated rings. The van der Waals surface area contributed by atoms with Crippen molar-refractivity contribution in [3.8, 4) is 11.9 Å². The summed E-state index contributed by atoms with van der Waals surface area (Å²) in [5.74, 6) is 1.00. The number of benzene rings is 2. The minimum absolute atomic E-state index is 0.406. The van der Waals surface area contributed by atoms with Crippen molar-refractivity contribution in [2.45, 2.75) is 6.61 Å². The molecule has 2 aromatic carbocycles. The van der Waals surface area contributed by atoms with Gasteiger partial charge in [-0.05, 0) is 23.8 Å². The van der Waals surface area contributed by atoms with Gasteiger partial charge in [0.05, 0.1) is 11.3 Å². The molecule has 0 saturated heterocycles. The molecule has 4 rings (SSSR count). The number of aromatic nitrogens is 3. The number of fused-ring (bicyclic) bond motifs is 1. The molecule has 0 saturated carbocycles. The monoisotopic (exact) mass is 341 g/mol. The Kier molecular flexibility index (Phi) is 4.19. The molecule has 1 N–H and O–H groups in total. The Labute approximate surface area is 150 Å². The van der Waals surface area contributed by atoms with Crippen molar-refractivity contribution in [2.24, 2.45) is 0 Å². The predicted octanol–water partition coefficient (Wildman–Crippen LogP) is 3.92.